The minimum atomic E-state index is -1.71. The average Bonchev–Trinajstić information content (AvgIpc) is 3.46. The number of allylic oxidation sites excluding steroid dienone is 2. The Morgan fingerprint density at radius 2 is 1.92 bits per heavy atom. The number of ketones is 1. The fourth-order valence-electron chi connectivity index (χ4n) is 11.1. The lowest BCUT2D eigenvalue weighted by Crippen LogP contribution is -2.69. The number of aliphatic hydroxyl groups excluding tert-OH is 4. The number of fused-ring (bicyclic) bond motifs is 3. The van der Waals surface area contributed by atoms with Gasteiger partial charge in [-0.05, 0) is 109 Å². The van der Waals surface area contributed by atoms with Gasteiger partial charge in [0.25, 0.3) is 0 Å². The molecule has 0 radical (unpaired) electrons. The second kappa shape index (κ2) is 12.6. The number of carbonyl (C=O) groups is 2. The molecule has 2 aromatic rings. The van der Waals surface area contributed by atoms with Crippen LogP contribution >= 0.6 is 0 Å². The van der Waals surface area contributed by atoms with Crippen LogP contribution in [0.2, 0.25) is 0 Å². The maximum Gasteiger partial charge on any atom is 0.335 e. The predicted molar refractivity (Wildman–Crippen MR) is 181 cm³/mol. The number of benzene rings is 2. The molecule has 51 heavy (non-hydrogen) atoms. The third-order valence-electron chi connectivity index (χ3n) is 13.0. The SMILES string of the molecule is CC(=O)c1c(C)cc2cc(C(=O)O)cc(O[C@@H]3O[C@H](CO)[C@]4(C[C@@H]5C6=C(CC=C6[C@]6(CCO)COC[C@@H]7CCC[C@@H]5[C@H]76)CO4)[C@H](O)[C@H]3O)c2c1O. The zero-order chi connectivity index (χ0) is 36.0. The highest BCUT2D eigenvalue weighted by Crippen LogP contribution is 2.66. The lowest BCUT2D eigenvalue weighted by molar-refractivity contribution is -0.326. The van der Waals surface area contributed by atoms with E-state index in [1.165, 1.54) is 30.2 Å². The summed E-state index contributed by atoms with van der Waals surface area (Å²) in [7, 11) is 0. The Morgan fingerprint density at radius 1 is 1.12 bits per heavy atom. The van der Waals surface area contributed by atoms with Gasteiger partial charge < -0.3 is 49.6 Å². The van der Waals surface area contributed by atoms with Crippen molar-refractivity contribution in [1.82, 2.24) is 0 Å². The minimum Gasteiger partial charge on any atom is -0.506 e. The van der Waals surface area contributed by atoms with Crippen molar-refractivity contribution in [2.45, 2.75) is 82.6 Å². The molecule has 12 nitrogen and oxygen atoms in total. The van der Waals surface area contributed by atoms with E-state index in [0.717, 1.165) is 24.8 Å². The number of phenols is 1. The van der Waals surface area contributed by atoms with Crippen LogP contribution in [0.5, 0.6) is 11.5 Å². The molecule has 3 aliphatic heterocycles. The summed E-state index contributed by atoms with van der Waals surface area (Å²) in [5.74, 6) is -1.49. The van der Waals surface area contributed by atoms with Crippen LogP contribution < -0.4 is 4.74 Å². The van der Waals surface area contributed by atoms with Crippen LogP contribution in [0.3, 0.4) is 0 Å². The second-order valence-electron chi connectivity index (χ2n) is 15.5. The number of aliphatic hydroxyl groups is 4. The quantitative estimate of drug-likeness (QED) is 0.230. The molecule has 0 bridgehead atoms. The fraction of sp³-hybridized carbons (Fsp3) is 0.590. The van der Waals surface area contributed by atoms with E-state index in [9.17, 15) is 40.2 Å². The third kappa shape index (κ3) is 5.05. The number of phenolic OH excluding ortho intramolecular Hbond substituents is 1. The van der Waals surface area contributed by atoms with Gasteiger partial charge in [0.2, 0.25) is 6.29 Å². The summed E-state index contributed by atoms with van der Waals surface area (Å²) in [6.07, 6.45) is 0.817. The molecular formula is C39H46O12. The Morgan fingerprint density at radius 3 is 2.65 bits per heavy atom. The fourth-order valence-corrected chi connectivity index (χ4v) is 11.1. The predicted octanol–water partition coefficient (Wildman–Crippen LogP) is 3.42. The summed E-state index contributed by atoms with van der Waals surface area (Å²) >= 11 is 0. The molecular weight excluding hydrogens is 660 g/mol. The van der Waals surface area contributed by atoms with Crippen LogP contribution in [0.25, 0.3) is 10.8 Å². The highest BCUT2D eigenvalue weighted by atomic mass is 16.7. The number of carboxylic acid groups (broad SMARTS) is 1. The van der Waals surface area contributed by atoms with Crippen LogP contribution in [0, 0.1) is 36.0 Å². The van der Waals surface area contributed by atoms with E-state index >= 15 is 0 Å². The molecule has 8 rings (SSSR count). The number of carboxylic acids is 1. The largest absolute Gasteiger partial charge is 0.506 e. The molecule has 3 heterocycles. The Bertz CT molecular complexity index is 1840. The van der Waals surface area contributed by atoms with E-state index in [2.05, 4.69) is 6.08 Å². The molecule has 10 atom stereocenters. The number of ether oxygens (including phenoxy) is 4. The van der Waals surface area contributed by atoms with Crippen LogP contribution in [-0.2, 0) is 14.2 Å². The summed E-state index contributed by atoms with van der Waals surface area (Å²) in [6.45, 7) is 3.79. The molecule has 0 unspecified atom stereocenters. The Hall–Kier alpha value is -3.36. The number of aromatic carboxylic acids is 1. The zero-order valence-corrected chi connectivity index (χ0v) is 28.8. The number of rotatable bonds is 7. The normalized spacial score (nSPS) is 37.1. The Balaban J connectivity index is 1.16. The molecule has 6 aliphatic rings. The summed E-state index contributed by atoms with van der Waals surface area (Å²) < 4.78 is 25.3. The van der Waals surface area contributed by atoms with E-state index in [1.807, 2.05) is 0 Å². The molecule has 1 spiro atoms. The van der Waals surface area contributed by atoms with Crippen molar-refractivity contribution in [2.75, 3.05) is 33.0 Å². The second-order valence-corrected chi connectivity index (χ2v) is 15.5. The molecule has 4 fully saturated rings. The van der Waals surface area contributed by atoms with Gasteiger partial charge in [-0.15, -0.1) is 0 Å². The first-order chi connectivity index (χ1) is 24.5. The Labute approximate surface area is 295 Å². The van der Waals surface area contributed by atoms with Crippen LogP contribution in [0.15, 0.2) is 41.0 Å². The number of aromatic hydroxyl groups is 1. The van der Waals surface area contributed by atoms with E-state index in [1.54, 1.807) is 13.0 Å². The van der Waals surface area contributed by atoms with Gasteiger partial charge in [0.05, 0.1) is 36.3 Å². The first kappa shape index (κ1) is 34.7. The molecule has 0 aromatic heterocycles. The highest BCUT2D eigenvalue weighted by Gasteiger charge is 2.65. The van der Waals surface area contributed by atoms with Gasteiger partial charge in [-0.1, -0.05) is 18.6 Å². The number of Topliss-reactive ketones (excluding diaryl/α,β-unsaturated/α-hetero) is 1. The van der Waals surface area contributed by atoms with Crippen molar-refractivity contribution in [3.63, 3.8) is 0 Å². The van der Waals surface area contributed by atoms with Gasteiger partial charge in [0, 0.05) is 18.6 Å². The molecule has 2 saturated carbocycles. The number of hydrogen-bond donors (Lipinski definition) is 6. The van der Waals surface area contributed by atoms with Gasteiger partial charge in [0.1, 0.15) is 35.4 Å². The van der Waals surface area contributed by atoms with Crippen molar-refractivity contribution >= 4 is 22.5 Å². The van der Waals surface area contributed by atoms with Gasteiger partial charge in [-0.25, -0.2) is 4.79 Å². The van der Waals surface area contributed by atoms with Gasteiger partial charge in [-0.3, -0.25) is 4.79 Å². The van der Waals surface area contributed by atoms with Gasteiger partial charge in [-0.2, -0.15) is 0 Å². The summed E-state index contributed by atoms with van der Waals surface area (Å²) in [4.78, 5) is 24.6. The summed E-state index contributed by atoms with van der Waals surface area (Å²) in [5.41, 5.74) is 2.00. The van der Waals surface area contributed by atoms with Crippen molar-refractivity contribution in [1.29, 1.82) is 0 Å². The minimum absolute atomic E-state index is 0.0403. The standard InChI is InChI=1S/C39H46O12/c1-18-10-22-11-23(36(46)47)12-27(31(22)33(43)29(18)19(2)42)50-37-34(44)35(45)39(28(14-41)51-37)13-25-24-5-3-4-21-15-48-17-38(8-9-40,32(21)24)26-7-6-20(16-49-39)30(25)26/h7,10-12,21,24-25,28,32,34-35,37,40-41,43-45H,3-6,8-9,13-17H2,1-2H3,(H,46,47)/t21-,24-,25-,28+,32-,34+,35+,37+,38-,39+/m0/s1. The molecule has 274 valence electrons. The summed E-state index contributed by atoms with van der Waals surface area (Å²) in [6, 6.07) is 4.09. The number of hydrogen-bond acceptors (Lipinski definition) is 11. The van der Waals surface area contributed by atoms with Crippen LogP contribution in [-0.4, -0.2) is 106 Å². The van der Waals surface area contributed by atoms with E-state index < -0.39 is 54.3 Å². The Kier molecular flexibility index (Phi) is 8.61. The molecule has 12 heteroatoms. The maximum absolute atomic E-state index is 12.5. The topological polar surface area (TPSA) is 192 Å². The molecule has 2 saturated heterocycles. The molecule has 0 amide bonds. The van der Waals surface area contributed by atoms with Crippen molar-refractivity contribution in [3.8, 4) is 11.5 Å². The van der Waals surface area contributed by atoms with Crippen molar-refractivity contribution in [3.05, 3.63) is 57.7 Å². The van der Waals surface area contributed by atoms with Crippen LogP contribution in [0.1, 0.15) is 71.7 Å². The van der Waals surface area contributed by atoms with Gasteiger partial charge >= 0.3 is 5.97 Å². The van der Waals surface area contributed by atoms with E-state index in [-0.39, 0.29) is 70.5 Å². The first-order valence-electron chi connectivity index (χ1n) is 18.0. The summed E-state index contributed by atoms with van der Waals surface area (Å²) in [5, 5.41) is 66.6. The van der Waals surface area contributed by atoms with E-state index in [4.69, 9.17) is 18.9 Å². The lowest BCUT2D eigenvalue weighted by atomic mass is 9.46. The van der Waals surface area contributed by atoms with Crippen LogP contribution in [0.4, 0.5) is 0 Å². The molecule has 3 aliphatic carbocycles. The molecule has 6 N–H and O–H groups in total. The zero-order valence-electron chi connectivity index (χ0n) is 28.8. The van der Waals surface area contributed by atoms with E-state index in [0.29, 0.717) is 37.5 Å². The average molecular weight is 707 g/mol. The first-order valence-corrected chi connectivity index (χ1v) is 18.0. The molecule has 2 aromatic carbocycles. The van der Waals surface area contributed by atoms with Gasteiger partial charge in [0.15, 0.2) is 5.78 Å². The maximum atomic E-state index is 12.5. The third-order valence-corrected chi connectivity index (χ3v) is 13.0. The highest BCUT2D eigenvalue weighted by molar-refractivity contribution is 6.08. The number of aryl methyl sites for hydroxylation is 1. The number of carbonyl (C=O) groups excluding carboxylic acids is 1. The lowest BCUT2D eigenvalue weighted by Gasteiger charge is -2.61. The van der Waals surface area contributed by atoms with Crippen molar-refractivity contribution in [2.24, 2.45) is 29.1 Å². The monoisotopic (exact) mass is 706 g/mol. The smallest absolute Gasteiger partial charge is 0.335 e. The van der Waals surface area contributed by atoms with Crippen molar-refractivity contribution < 1.29 is 59.2 Å².